The minimum atomic E-state index is 0.473. The molecule has 1 aliphatic heterocycles. The normalized spacial score (nSPS) is 27.4. The molecule has 2 unspecified atom stereocenters. The van der Waals surface area contributed by atoms with E-state index < -0.39 is 0 Å². The van der Waals surface area contributed by atoms with E-state index in [9.17, 15) is 0 Å². The van der Waals surface area contributed by atoms with Gasteiger partial charge in [-0.25, -0.2) is 0 Å². The summed E-state index contributed by atoms with van der Waals surface area (Å²) >= 11 is 0. The van der Waals surface area contributed by atoms with Gasteiger partial charge in [0.15, 0.2) is 0 Å². The van der Waals surface area contributed by atoms with Crippen LogP contribution in [0.2, 0.25) is 0 Å². The lowest BCUT2D eigenvalue weighted by Gasteiger charge is -2.38. The van der Waals surface area contributed by atoms with Crippen LogP contribution in [-0.4, -0.2) is 37.1 Å². The lowest BCUT2D eigenvalue weighted by atomic mass is 9.90. The first-order valence-corrected chi connectivity index (χ1v) is 7.38. The molecule has 1 rings (SSSR count). The van der Waals surface area contributed by atoms with Crippen LogP contribution in [-0.2, 0) is 0 Å². The smallest absolute Gasteiger partial charge is 0.0117 e. The highest BCUT2D eigenvalue weighted by molar-refractivity contribution is 4.83. The minimum absolute atomic E-state index is 0.473. The quantitative estimate of drug-likeness (QED) is 0.794. The van der Waals surface area contributed by atoms with Crippen LogP contribution in [0.4, 0.5) is 0 Å². The van der Waals surface area contributed by atoms with Crippen LogP contribution in [0.15, 0.2) is 0 Å². The molecule has 2 atom stereocenters. The summed E-state index contributed by atoms with van der Waals surface area (Å²) in [5.41, 5.74) is 0.473. The molecular weight excluding hydrogens is 208 g/mol. The molecule has 0 radical (unpaired) electrons. The molecule has 0 aromatic rings. The summed E-state index contributed by atoms with van der Waals surface area (Å²) in [4.78, 5) is 2.65. The van der Waals surface area contributed by atoms with E-state index in [2.05, 4.69) is 44.8 Å². The number of hydrogen-bond acceptors (Lipinski definition) is 2. The van der Waals surface area contributed by atoms with Crippen molar-refractivity contribution in [1.82, 2.24) is 10.2 Å². The van der Waals surface area contributed by atoms with Crippen molar-refractivity contribution in [3.63, 3.8) is 0 Å². The van der Waals surface area contributed by atoms with E-state index in [1.165, 1.54) is 45.4 Å². The molecule has 0 aromatic carbocycles. The van der Waals surface area contributed by atoms with Crippen LogP contribution in [0, 0.1) is 11.3 Å². The van der Waals surface area contributed by atoms with Crippen LogP contribution in [0.25, 0.3) is 0 Å². The van der Waals surface area contributed by atoms with E-state index in [1.807, 2.05) is 0 Å². The number of nitrogens with one attached hydrogen (secondary N) is 1. The van der Waals surface area contributed by atoms with Gasteiger partial charge in [-0.15, -0.1) is 0 Å². The number of piperidine rings is 1. The molecule has 2 heteroatoms. The van der Waals surface area contributed by atoms with Crippen molar-refractivity contribution >= 4 is 0 Å². The van der Waals surface area contributed by atoms with Gasteiger partial charge in [0.25, 0.3) is 0 Å². The maximum atomic E-state index is 3.69. The Kier molecular flexibility index (Phi) is 5.94. The van der Waals surface area contributed by atoms with Crippen LogP contribution < -0.4 is 5.32 Å². The highest BCUT2D eigenvalue weighted by atomic mass is 15.1. The molecule has 1 heterocycles. The van der Waals surface area contributed by atoms with Crippen LogP contribution in [0.3, 0.4) is 0 Å². The molecule has 0 aromatic heterocycles. The summed E-state index contributed by atoms with van der Waals surface area (Å²) < 4.78 is 0. The van der Waals surface area contributed by atoms with Crippen molar-refractivity contribution in [1.29, 1.82) is 0 Å². The Morgan fingerprint density at radius 3 is 2.53 bits per heavy atom. The fourth-order valence-corrected chi connectivity index (χ4v) is 2.56. The van der Waals surface area contributed by atoms with Gasteiger partial charge in [-0.3, -0.25) is 0 Å². The summed E-state index contributed by atoms with van der Waals surface area (Å²) in [7, 11) is 0. The van der Waals surface area contributed by atoms with Crippen LogP contribution in [0.1, 0.15) is 53.9 Å². The predicted octanol–water partition coefficient (Wildman–Crippen LogP) is 3.13. The summed E-state index contributed by atoms with van der Waals surface area (Å²) in [6.07, 6.45) is 3.88. The summed E-state index contributed by atoms with van der Waals surface area (Å²) in [6, 6.07) is 0.751. The fraction of sp³-hybridized carbons (Fsp3) is 1.00. The fourth-order valence-electron chi connectivity index (χ4n) is 2.56. The zero-order valence-electron chi connectivity index (χ0n) is 12.6. The van der Waals surface area contributed by atoms with Crippen LogP contribution >= 0.6 is 0 Å². The number of rotatable bonds is 5. The third-order valence-corrected chi connectivity index (χ3v) is 3.82. The maximum absolute atomic E-state index is 3.69. The Morgan fingerprint density at radius 2 is 2.00 bits per heavy atom. The average Bonchev–Trinajstić information content (AvgIpc) is 2.24. The standard InChI is InChI=1S/C15H32N2/c1-6-9-16-14-7-10-17(12-13(14)2)11-8-15(3,4)5/h13-14,16H,6-12H2,1-5H3. The van der Waals surface area contributed by atoms with Gasteiger partial charge in [0.1, 0.15) is 0 Å². The molecule has 0 amide bonds. The van der Waals surface area contributed by atoms with E-state index in [0.29, 0.717) is 5.41 Å². The van der Waals surface area contributed by atoms with Gasteiger partial charge in [-0.05, 0) is 50.2 Å². The van der Waals surface area contributed by atoms with Crippen molar-refractivity contribution < 1.29 is 0 Å². The van der Waals surface area contributed by atoms with Crippen LogP contribution in [0.5, 0.6) is 0 Å². The highest BCUT2D eigenvalue weighted by Gasteiger charge is 2.25. The van der Waals surface area contributed by atoms with Gasteiger partial charge in [0.05, 0.1) is 0 Å². The third kappa shape index (κ3) is 5.87. The Morgan fingerprint density at radius 1 is 1.29 bits per heavy atom. The van der Waals surface area contributed by atoms with Crippen molar-refractivity contribution in [3.8, 4) is 0 Å². The van der Waals surface area contributed by atoms with E-state index in [0.717, 1.165) is 12.0 Å². The zero-order chi connectivity index (χ0) is 12.9. The average molecular weight is 240 g/mol. The monoisotopic (exact) mass is 240 g/mol. The Labute approximate surface area is 108 Å². The van der Waals surface area contributed by atoms with Gasteiger partial charge < -0.3 is 10.2 Å². The minimum Gasteiger partial charge on any atom is -0.314 e. The van der Waals surface area contributed by atoms with E-state index in [-0.39, 0.29) is 0 Å². The first kappa shape index (κ1) is 15.0. The third-order valence-electron chi connectivity index (χ3n) is 3.82. The molecular formula is C15H32N2. The topological polar surface area (TPSA) is 15.3 Å². The lowest BCUT2D eigenvalue weighted by molar-refractivity contribution is 0.133. The molecule has 1 saturated heterocycles. The van der Waals surface area contributed by atoms with Crippen molar-refractivity contribution in [2.75, 3.05) is 26.2 Å². The molecule has 0 saturated carbocycles. The van der Waals surface area contributed by atoms with Crippen molar-refractivity contribution in [2.45, 2.75) is 59.9 Å². The molecule has 2 nitrogen and oxygen atoms in total. The van der Waals surface area contributed by atoms with E-state index >= 15 is 0 Å². The van der Waals surface area contributed by atoms with E-state index in [1.54, 1.807) is 0 Å². The first-order valence-electron chi connectivity index (χ1n) is 7.38. The van der Waals surface area contributed by atoms with Gasteiger partial charge in [-0.2, -0.15) is 0 Å². The second-order valence-electron chi connectivity index (χ2n) is 6.94. The second kappa shape index (κ2) is 6.75. The van der Waals surface area contributed by atoms with Gasteiger partial charge in [0, 0.05) is 12.6 Å². The van der Waals surface area contributed by atoms with Gasteiger partial charge >= 0.3 is 0 Å². The summed E-state index contributed by atoms with van der Waals surface area (Å²) in [5, 5.41) is 3.69. The molecule has 0 spiro atoms. The van der Waals surface area contributed by atoms with Crippen molar-refractivity contribution in [2.24, 2.45) is 11.3 Å². The van der Waals surface area contributed by atoms with Gasteiger partial charge in [0.2, 0.25) is 0 Å². The molecule has 1 aliphatic rings. The molecule has 102 valence electrons. The molecule has 1 fully saturated rings. The number of nitrogens with zero attached hydrogens (tertiary/aromatic N) is 1. The highest BCUT2D eigenvalue weighted by Crippen LogP contribution is 2.22. The van der Waals surface area contributed by atoms with Gasteiger partial charge in [-0.1, -0.05) is 34.6 Å². The Balaban J connectivity index is 2.26. The maximum Gasteiger partial charge on any atom is 0.0117 e. The Bertz CT molecular complexity index is 207. The first-order chi connectivity index (χ1) is 7.92. The number of likely N-dealkylation sites (tertiary alicyclic amines) is 1. The lowest BCUT2D eigenvalue weighted by Crippen LogP contribution is -2.48. The largest absolute Gasteiger partial charge is 0.314 e. The second-order valence-corrected chi connectivity index (χ2v) is 6.94. The summed E-state index contributed by atoms with van der Waals surface area (Å²) in [6.45, 7) is 16.7. The summed E-state index contributed by atoms with van der Waals surface area (Å²) in [5.74, 6) is 0.801. The number of hydrogen-bond donors (Lipinski definition) is 1. The Hall–Kier alpha value is -0.0800. The van der Waals surface area contributed by atoms with Crippen molar-refractivity contribution in [3.05, 3.63) is 0 Å². The predicted molar refractivity (Wildman–Crippen MR) is 76.4 cm³/mol. The molecule has 0 aliphatic carbocycles. The molecule has 1 N–H and O–H groups in total. The van der Waals surface area contributed by atoms with E-state index in [4.69, 9.17) is 0 Å². The SMILES string of the molecule is CCCNC1CCN(CCC(C)(C)C)CC1C. The molecule has 0 bridgehead atoms. The molecule has 17 heavy (non-hydrogen) atoms. The zero-order valence-corrected chi connectivity index (χ0v) is 12.6.